The van der Waals surface area contributed by atoms with E-state index in [0.717, 1.165) is 11.4 Å². The first-order valence-corrected chi connectivity index (χ1v) is 5.61. The summed E-state index contributed by atoms with van der Waals surface area (Å²) < 4.78 is 0. The van der Waals surface area contributed by atoms with Crippen LogP contribution < -0.4 is 0 Å². The van der Waals surface area contributed by atoms with Crippen LogP contribution in [-0.2, 0) is 0 Å². The van der Waals surface area contributed by atoms with Crippen molar-refractivity contribution in [2.45, 2.75) is 27.7 Å². The van der Waals surface area contributed by atoms with Gasteiger partial charge in [0.2, 0.25) is 0 Å². The Balaban J connectivity index is 2.68. The Labute approximate surface area is 97.2 Å². The maximum Gasteiger partial charge on any atom is 0.0737 e. The molecular formula is C15H17N. The molecule has 0 spiro atoms. The van der Waals surface area contributed by atoms with Gasteiger partial charge in [0.05, 0.1) is 5.69 Å². The number of hydrogen-bond donors (Lipinski definition) is 0. The summed E-state index contributed by atoms with van der Waals surface area (Å²) in [5.41, 5.74) is 7.38. The van der Waals surface area contributed by atoms with Crippen molar-refractivity contribution in [3.63, 3.8) is 0 Å². The number of nitrogens with zero attached hydrogens (tertiary/aromatic N) is 1. The van der Waals surface area contributed by atoms with E-state index in [0.29, 0.717) is 0 Å². The van der Waals surface area contributed by atoms with Gasteiger partial charge in [0, 0.05) is 11.3 Å². The van der Waals surface area contributed by atoms with Crippen LogP contribution in [0.2, 0.25) is 0 Å². The molecule has 0 aliphatic heterocycles. The number of aromatic nitrogens is 1. The molecule has 0 saturated carbocycles. The summed E-state index contributed by atoms with van der Waals surface area (Å²) in [4.78, 5) is 4.70. The molecule has 1 aromatic heterocycles. The van der Waals surface area contributed by atoms with E-state index < -0.39 is 0 Å². The van der Waals surface area contributed by atoms with Crippen molar-refractivity contribution in [3.8, 4) is 11.3 Å². The van der Waals surface area contributed by atoms with Gasteiger partial charge in [0.15, 0.2) is 0 Å². The third-order valence-corrected chi connectivity index (χ3v) is 3.35. The van der Waals surface area contributed by atoms with Gasteiger partial charge < -0.3 is 0 Å². The van der Waals surface area contributed by atoms with Gasteiger partial charge in [0.1, 0.15) is 0 Å². The fourth-order valence-corrected chi connectivity index (χ4v) is 1.94. The summed E-state index contributed by atoms with van der Waals surface area (Å²) in [5.74, 6) is 0. The molecule has 0 atom stereocenters. The largest absolute Gasteiger partial charge is 0.253 e. The van der Waals surface area contributed by atoms with Gasteiger partial charge in [-0.2, -0.15) is 0 Å². The quantitative estimate of drug-likeness (QED) is 0.695. The first-order chi connectivity index (χ1) is 7.61. The molecule has 1 nitrogen and oxygen atoms in total. The summed E-state index contributed by atoms with van der Waals surface area (Å²) in [6, 6.07) is 10.4. The molecule has 0 amide bonds. The van der Waals surface area contributed by atoms with E-state index in [1.54, 1.807) is 0 Å². The minimum Gasteiger partial charge on any atom is -0.253 e. The number of benzene rings is 1. The molecule has 0 fully saturated rings. The zero-order valence-electron chi connectivity index (χ0n) is 10.3. The number of hydrogen-bond acceptors (Lipinski definition) is 1. The molecule has 1 heterocycles. The lowest BCUT2D eigenvalue weighted by Gasteiger charge is -2.13. The second-order valence-electron chi connectivity index (χ2n) is 4.29. The Bertz CT molecular complexity index is 513. The van der Waals surface area contributed by atoms with Gasteiger partial charge in [-0.05, 0) is 44.4 Å². The van der Waals surface area contributed by atoms with Gasteiger partial charge in [-0.1, -0.05) is 30.3 Å². The van der Waals surface area contributed by atoms with E-state index in [1.165, 1.54) is 22.3 Å². The highest BCUT2D eigenvalue weighted by Crippen LogP contribution is 2.26. The van der Waals surface area contributed by atoms with Gasteiger partial charge >= 0.3 is 0 Å². The van der Waals surface area contributed by atoms with Crippen LogP contribution in [0.5, 0.6) is 0 Å². The third-order valence-electron chi connectivity index (χ3n) is 3.35. The van der Waals surface area contributed by atoms with Gasteiger partial charge in [-0.25, -0.2) is 0 Å². The van der Waals surface area contributed by atoms with E-state index in [1.807, 2.05) is 6.07 Å². The average molecular weight is 211 g/mol. The number of rotatable bonds is 1. The van der Waals surface area contributed by atoms with E-state index in [9.17, 15) is 0 Å². The number of pyridine rings is 1. The summed E-state index contributed by atoms with van der Waals surface area (Å²) in [7, 11) is 0. The van der Waals surface area contributed by atoms with Crippen molar-refractivity contribution in [2.75, 3.05) is 0 Å². The molecule has 0 unspecified atom stereocenters. The van der Waals surface area contributed by atoms with Crippen LogP contribution in [0.1, 0.15) is 22.4 Å². The van der Waals surface area contributed by atoms with Crippen LogP contribution in [0, 0.1) is 27.7 Å². The van der Waals surface area contributed by atoms with Crippen LogP contribution in [0.4, 0.5) is 0 Å². The van der Waals surface area contributed by atoms with Crippen molar-refractivity contribution >= 4 is 0 Å². The standard InChI is InChI=1S/C15H17N/c1-10-11(2)13(4)16-15(12(10)3)14-8-6-5-7-9-14/h5-9H,1-4H3. The molecule has 0 aliphatic rings. The molecule has 2 rings (SSSR count). The van der Waals surface area contributed by atoms with Crippen LogP contribution in [-0.4, -0.2) is 4.98 Å². The molecule has 0 saturated heterocycles. The maximum atomic E-state index is 4.70. The van der Waals surface area contributed by atoms with Gasteiger partial charge in [-0.3, -0.25) is 4.98 Å². The van der Waals surface area contributed by atoms with Crippen molar-refractivity contribution in [1.82, 2.24) is 4.98 Å². The lowest BCUT2D eigenvalue weighted by atomic mass is 9.98. The Morgan fingerprint density at radius 3 is 2.00 bits per heavy atom. The molecule has 0 radical (unpaired) electrons. The van der Waals surface area contributed by atoms with Crippen molar-refractivity contribution in [3.05, 3.63) is 52.7 Å². The normalized spacial score (nSPS) is 10.5. The fourth-order valence-electron chi connectivity index (χ4n) is 1.94. The Morgan fingerprint density at radius 2 is 1.38 bits per heavy atom. The van der Waals surface area contributed by atoms with Crippen LogP contribution >= 0.6 is 0 Å². The molecule has 82 valence electrons. The topological polar surface area (TPSA) is 12.9 Å². The highest BCUT2D eigenvalue weighted by atomic mass is 14.7. The van der Waals surface area contributed by atoms with Gasteiger partial charge in [-0.15, -0.1) is 0 Å². The SMILES string of the molecule is Cc1nc(-c2ccccc2)c(C)c(C)c1C. The van der Waals surface area contributed by atoms with Crippen molar-refractivity contribution < 1.29 is 0 Å². The first kappa shape index (κ1) is 10.9. The summed E-state index contributed by atoms with van der Waals surface area (Å²) in [6.07, 6.45) is 0. The zero-order valence-corrected chi connectivity index (χ0v) is 10.3. The summed E-state index contributed by atoms with van der Waals surface area (Å²) in [6.45, 7) is 8.54. The lowest BCUT2D eigenvalue weighted by Crippen LogP contribution is -1.98. The molecule has 0 bridgehead atoms. The molecule has 0 N–H and O–H groups in total. The highest BCUT2D eigenvalue weighted by Gasteiger charge is 2.09. The average Bonchev–Trinajstić information content (AvgIpc) is 2.32. The first-order valence-electron chi connectivity index (χ1n) is 5.61. The van der Waals surface area contributed by atoms with E-state index in [-0.39, 0.29) is 0 Å². The minimum absolute atomic E-state index is 1.11. The van der Waals surface area contributed by atoms with E-state index >= 15 is 0 Å². The smallest absolute Gasteiger partial charge is 0.0737 e. The summed E-state index contributed by atoms with van der Waals surface area (Å²) >= 11 is 0. The Morgan fingerprint density at radius 1 is 0.750 bits per heavy atom. The zero-order chi connectivity index (χ0) is 11.7. The molecule has 1 aromatic carbocycles. The molecule has 2 aromatic rings. The Kier molecular flexibility index (Phi) is 2.78. The second kappa shape index (κ2) is 4.09. The van der Waals surface area contributed by atoms with Crippen LogP contribution in [0.15, 0.2) is 30.3 Å². The Hall–Kier alpha value is -1.63. The maximum absolute atomic E-state index is 4.70. The predicted molar refractivity (Wildman–Crippen MR) is 68.6 cm³/mol. The number of aryl methyl sites for hydroxylation is 1. The lowest BCUT2D eigenvalue weighted by molar-refractivity contribution is 1.09. The monoisotopic (exact) mass is 211 g/mol. The van der Waals surface area contributed by atoms with Crippen LogP contribution in [0.3, 0.4) is 0 Å². The molecule has 0 aliphatic carbocycles. The second-order valence-corrected chi connectivity index (χ2v) is 4.29. The molecule has 16 heavy (non-hydrogen) atoms. The fraction of sp³-hybridized carbons (Fsp3) is 0.267. The third kappa shape index (κ3) is 1.73. The van der Waals surface area contributed by atoms with Crippen molar-refractivity contribution in [1.29, 1.82) is 0 Å². The molecule has 1 heteroatoms. The van der Waals surface area contributed by atoms with Crippen molar-refractivity contribution in [2.24, 2.45) is 0 Å². The van der Waals surface area contributed by atoms with Crippen LogP contribution in [0.25, 0.3) is 11.3 Å². The van der Waals surface area contributed by atoms with E-state index in [4.69, 9.17) is 4.98 Å². The predicted octanol–water partition coefficient (Wildman–Crippen LogP) is 3.98. The highest BCUT2D eigenvalue weighted by molar-refractivity contribution is 5.65. The molecular weight excluding hydrogens is 194 g/mol. The summed E-state index contributed by atoms with van der Waals surface area (Å²) in [5, 5.41) is 0. The minimum atomic E-state index is 1.11. The van der Waals surface area contributed by atoms with E-state index in [2.05, 4.69) is 52.0 Å². The van der Waals surface area contributed by atoms with Gasteiger partial charge in [0.25, 0.3) is 0 Å².